The van der Waals surface area contributed by atoms with Gasteiger partial charge in [-0.05, 0) is 48.7 Å². The van der Waals surface area contributed by atoms with Gasteiger partial charge in [-0.15, -0.1) is 0 Å². The third-order valence-electron chi connectivity index (χ3n) is 5.97. The highest BCUT2D eigenvalue weighted by molar-refractivity contribution is 6.35. The Bertz CT molecular complexity index is 1030. The molecule has 0 aromatic heterocycles. The lowest BCUT2D eigenvalue weighted by Gasteiger charge is -2.37. The second kappa shape index (κ2) is 9.53. The fourth-order valence-corrected chi connectivity index (χ4v) is 4.32. The molecular weight excluding hydrogens is 409 g/mol. The van der Waals surface area contributed by atoms with Crippen molar-refractivity contribution >= 4 is 23.1 Å². The van der Waals surface area contributed by atoms with Crippen LogP contribution in [-0.4, -0.2) is 68.1 Å². The van der Waals surface area contributed by atoms with E-state index in [9.17, 15) is 14.0 Å². The van der Waals surface area contributed by atoms with Crippen LogP contribution in [0.5, 0.6) is 0 Å². The summed E-state index contributed by atoms with van der Waals surface area (Å²) in [4.78, 5) is 32.2. The van der Waals surface area contributed by atoms with Gasteiger partial charge in [-0.2, -0.15) is 0 Å². The summed E-state index contributed by atoms with van der Waals surface area (Å²) >= 11 is 0. The highest BCUT2D eigenvalue weighted by atomic mass is 19.1. The van der Waals surface area contributed by atoms with E-state index in [1.807, 2.05) is 11.0 Å². The first-order valence-electron chi connectivity index (χ1n) is 10.9. The smallest absolute Gasteiger partial charge is 0.277 e. The van der Waals surface area contributed by atoms with Crippen molar-refractivity contribution in [2.75, 3.05) is 51.3 Å². The molecule has 0 N–H and O–H groups in total. The number of piperazine rings is 1. The topological polar surface area (TPSA) is 53.1 Å². The minimum absolute atomic E-state index is 0.283. The maximum Gasteiger partial charge on any atom is 0.277 e. The summed E-state index contributed by atoms with van der Waals surface area (Å²) in [6, 6.07) is 14.1. The van der Waals surface area contributed by atoms with E-state index in [0.29, 0.717) is 49.5 Å². The number of nitrogens with zero attached hydrogens (tertiary/aromatic N) is 3. The molecule has 0 aliphatic carbocycles. The lowest BCUT2D eigenvalue weighted by atomic mass is 10.0. The van der Waals surface area contributed by atoms with Crippen LogP contribution >= 0.6 is 0 Å². The van der Waals surface area contributed by atoms with E-state index in [0.717, 1.165) is 18.8 Å². The Balaban J connectivity index is 1.60. The van der Waals surface area contributed by atoms with Crippen LogP contribution in [0.2, 0.25) is 0 Å². The molecule has 6 nitrogen and oxygen atoms in total. The molecule has 2 amide bonds. The number of benzene rings is 2. The zero-order valence-corrected chi connectivity index (χ0v) is 18.5. The van der Waals surface area contributed by atoms with Crippen LogP contribution in [0.25, 0.3) is 5.57 Å². The van der Waals surface area contributed by atoms with Gasteiger partial charge in [0.1, 0.15) is 11.5 Å². The standard InChI is InChI=1S/C25H28FN3O3/c1-18-5-3-6-21(17-18)27-12-14-28(15-13-27)23-22(19-7-9-20(26)10-8-19)24(30)29(25(23)31)11-4-16-32-2/h3,5-10,17H,4,11-16H2,1-2H3. The van der Waals surface area contributed by atoms with Gasteiger partial charge in [0.05, 0.1) is 5.57 Å². The van der Waals surface area contributed by atoms with Crippen LogP contribution in [0, 0.1) is 12.7 Å². The molecular formula is C25H28FN3O3. The van der Waals surface area contributed by atoms with Crippen molar-refractivity contribution in [3.8, 4) is 0 Å². The fourth-order valence-electron chi connectivity index (χ4n) is 4.32. The number of rotatable bonds is 7. The molecule has 0 unspecified atom stereocenters. The lowest BCUT2D eigenvalue weighted by molar-refractivity contribution is -0.137. The molecule has 2 aliphatic heterocycles. The molecule has 1 fully saturated rings. The predicted molar refractivity (Wildman–Crippen MR) is 121 cm³/mol. The SMILES string of the molecule is COCCCN1C(=O)C(c2ccc(F)cc2)=C(N2CCN(c3cccc(C)c3)CC2)C1=O. The van der Waals surface area contributed by atoms with Crippen molar-refractivity contribution in [1.29, 1.82) is 0 Å². The molecule has 168 valence electrons. The molecule has 0 saturated carbocycles. The molecule has 0 bridgehead atoms. The van der Waals surface area contributed by atoms with Gasteiger partial charge in [0.15, 0.2) is 0 Å². The largest absolute Gasteiger partial charge is 0.385 e. The summed E-state index contributed by atoms with van der Waals surface area (Å²) < 4.78 is 18.6. The molecule has 4 rings (SSSR count). The number of carbonyl (C=O) groups excluding carboxylic acids is 2. The zero-order chi connectivity index (χ0) is 22.7. The summed E-state index contributed by atoms with van der Waals surface area (Å²) in [5, 5.41) is 0. The number of hydrogen-bond acceptors (Lipinski definition) is 5. The first-order valence-corrected chi connectivity index (χ1v) is 10.9. The van der Waals surface area contributed by atoms with Gasteiger partial charge in [0, 0.05) is 52.1 Å². The number of methoxy groups -OCH3 is 1. The number of aryl methyl sites for hydroxylation is 1. The average Bonchev–Trinajstić information content (AvgIpc) is 3.05. The number of halogens is 1. The molecule has 32 heavy (non-hydrogen) atoms. The fraction of sp³-hybridized carbons (Fsp3) is 0.360. The Kier molecular flexibility index (Phi) is 6.55. The number of imide groups is 1. The normalized spacial score (nSPS) is 17.0. The van der Waals surface area contributed by atoms with E-state index >= 15 is 0 Å². The summed E-state index contributed by atoms with van der Waals surface area (Å²) in [5.41, 5.74) is 3.70. The van der Waals surface area contributed by atoms with Gasteiger partial charge in [0.2, 0.25) is 0 Å². The Morgan fingerprint density at radius 1 is 0.938 bits per heavy atom. The summed E-state index contributed by atoms with van der Waals surface area (Å²) in [6.45, 7) is 5.57. The van der Waals surface area contributed by atoms with Crippen molar-refractivity contribution in [3.63, 3.8) is 0 Å². The van der Waals surface area contributed by atoms with Crippen LogP contribution < -0.4 is 4.90 Å². The molecule has 2 heterocycles. The third-order valence-corrected chi connectivity index (χ3v) is 5.97. The van der Waals surface area contributed by atoms with Crippen molar-refractivity contribution < 1.29 is 18.7 Å². The monoisotopic (exact) mass is 437 g/mol. The molecule has 0 atom stereocenters. The van der Waals surface area contributed by atoms with Crippen molar-refractivity contribution in [3.05, 3.63) is 71.2 Å². The molecule has 0 radical (unpaired) electrons. The molecule has 2 aliphatic rings. The highest BCUT2D eigenvalue weighted by Gasteiger charge is 2.41. The Morgan fingerprint density at radius 3 is 2.28 bits per heavy atom. The van der Waals surface area contributed by atoms with E-state index in [4.69, 9.17) is 4.74 Å². The average molecular weight is 438 g/mol. The van der Waals surface area contributed by atoms with E-state index < -0.39 is 0 Å². The molecule has 1 saturated heterocycles. The van der Waals surface area contributed by atoms with E-state index in [1.165, 1.54) is 22.6 Å². The molecule has 7 heteroatoms. The maximum atomic E-state index is 13.5. The summed E-state index contributed by atoms with van der Waals surface area (Å²) in [6.07, 6.45) is 0.569. The lowest BCUT2D eigenvalue weighted by Crippen LogP contribution is -2.47. The molecule has 2 aromatic rings. The Hall–Kier alpha value is -3.19. The van der Waals surface area contributed by atoms with Gasteiger partial charge in [-0.3, -0.25) is 14.5 Å². The minimum Gasteiger partial charge on any atom is -0.385 e. The van der Waals surface area contributed by atoms with Gasteiger partial charge < -0.3 is 14.5 Å². The van der Waals surface area contributed by atoms with Crippen molar-refractivity contribution in [2.24, 2.45) is 0 Å². The quantitative estimate of drug-likeness (QED) is 0.492. The van der Waals surface area contributed by atoms with Gasteiger partial charge in [-0.1, -0.05) is 24.3 Å². The molecule has 0 spiro atoms. The van der Waals surface area contributed by atoms with Gasteiger partial charge in [-0.25, -0.2) is 4.39 Å². The van der Waals surface area contributed by atoms with Crippen LogP contribution in [0.15, 0.2) is 54.2 Å². The van der Waals surface area contributed by atoms with E-state index in [-0.39, 0.29) is 17.6 Å². The minimum atomic E-state index is -0.378. The molecule has 2 aromatic carbocycles. The Morgan fingerprint density at radius 2 is 1.62 bits per heavy atom. The van der Waals surface area contributed by atoms with Gasteiger partial charge >= 0.3 is 0 Å². The number of amides is 2. The predicted octanol–water partition coefficient (Wildman–Crippen LogP) is 3.07. The first-order chi connectivity index (χ1) is 15.5. The summed E-state index contributed by atoms with van der Waals surface area (Å²) in [5.74, 6) is -0.986. The van der Waals surface area contributed by atoms with E-state index in [1.54, 1.807) is 19.2 Å². The Labute approximate surface area is 187 Å². The zero-order valence-electron chi connectivity index (χ0n) is 18.5. The highest BCUT2D eigenvalue weighted by Crippen LogP contribution is 2.33. The second-order valence-corrected chi connectivity index (χ2v) is 8.15. The number of hydrogen-bond donors (Lipinski definition) is 0. The second-order valence-electron chi connectivity index (χ2n) is 8.15. The maximum absolute atomic E-state index is 13.5. The van der Waals surface area contributed by atoms with E-state index in [2.05, 4.69) is 30.0 Å². The number of carbonyl (C=O) groups is 2. The van der Waals surface area contributed by atoms with Crippen molar-refractivity contribution in [2.45, 2.75) is 13.3 Å². The first kappa shape index (κ1) is 22.0. The third kappa shape index (κ3) is 4.39. The van der Waals surface area contributed by atoms with Crippen LogP contribution in [0.3, 0.4) is 0 Å². The van der Waals surface area contributed by atoms with Crippen LogP contribution in [-0.2, 0) is 14.3 Å². The van der Waals surface area contributed by atoms with Crippen molar-refractivity contribution in [1.82, 2.24) is 9.80 Å². The summed E-state index contributed by atoms with van der Waals surface area (Å²) in [7, 11) is 1.59. The number of anilines is 1. The van der Waals surface area contributed by atoms with Gasteiger partial charge in [0.25, 0.3) is 11.8 Å². The number of ether oxygens (including phenoxy) is 1. The van der Waals surface area contributed by atoms with Crippen LogP contribution in [0.4, 0.5) is 10.1 Å². The van der Waals surface area contributed by atoms with Crippen LogP contribution in [0.1, 0.15) is 17.5 Å².